The van der Waals surface area contributed by atoms with Gasteiger partial charge < -0.3 is 10.3 Å². The Kier molecular flexibility index (Phi) is 8.02. The van der Waals surface area contributed by atoms with Gasteiger partial charge in [-0.15, -0.1) is 6.58 Å². The molecule has 0 aliphatic heterocycles. The van der Waals surface area contributed by atoms with E-state index in [1.54, 1.807) is 0 Å². The second-order valence-electron chi connectivity index (χ2n) is 2.39. The summed E-state index contributed by atoms with van der Waals surface area (Å²) in [5.41, 5.74) is 7.96. The second kappa shape index (κ2) is 9.24. The first-order valence-electron chi connectivity index (χ1n) is 4.22. The molecule has 0 unspecified atom stereocenters. The standard InChI is InChI=1S/C10H12N2O2/c1-2-3-4-5-6-7-8-14-10(13)9-12-11/h2,9H,1,3-5,8H2. The maximum atomic E-state index is 10.6. The minimum atomic E-state index is -0.701. The van der Waals surface area contributed by atoms with Crippen LogP contribution in [0.15, 0.2) is 12.7 Å². The van der Waals surface area contributed by atoms with Crippen LogP contribution in [0.2, 0.25) is 0 Å². The summed E-state index contributed by atoms with van der Waals surface area (Å²) in [6.45, 7) is 3.61. The third-order valence-electron chi connectivity index (χ3n) is 1.28. The third kappa shape index (κ3) is 8.25. The van der Waals surface area contributed by atoms with E-state index in [4.69, 9.17) is 5.53 Å². The molecule has 4 nitrogen and oxygen atoms in total. The molecule has 0 atom stereocenters. The number of ether oxygens (including phenoxy) is 1. The highest BCUT2D eigenvalue weighted by Crippen LogP contribution is 1.92. The molecule has 0 fully saturated rings. The van der Waals surface area contributed by atoms with Gasteiger partial charge in [0, 0.05) is 6.42 Å². The molecular weight excluding hydrogens is 180 g/mol. The predicted octanol–water partition coefficient (Wildman–Crippen LogP) is 1.19. The van der Waals surface area contributed by atoms with Gasteiger partial charge in [0.05, 0.1) is 0 Å². The topological polar surface area (TPSA) is 62.7 Å². The Morgan fingerprint density at radius 3 is 3.00 bits per heavy atom. The summed E-state index contributed by atoms with van der Waals surface area (Å²) in [6.07, 6.45) is 5.17. The van der Waals surface area contributed by atoms with Crippen LogP contribution in [0.3, 0.4) is 0 Å². The highest BCUT2D eigenvalue weighted by Gasteiger charge is 1.99. The van der Waals surface area contributed by atoms with Crippen LogP contribution in [0.1, 0.15) is 19.3 Å². The average Bonchev–Trinajstić information content (AvgIpc) is 2.17. The number of rotatable bonds is 5. The fraction of sp³-hybridized carbons (Fsp3) is 0.400. The molecule has 0 saturated heterocycles. The van der Waals surface area contributed by atoms with E-state index in [-0.39, 0.29) is 6.61 Å². The molecule has 14 heavy (non-hydrogen) atoms. The Bertz CT molecular complexity index is 293. The number of esters is 1. The summed E-state index contributed by atoms with van der Waals surface area (Å²) in [4.78, 5) is 13.1. The van der Waals surface area contributed by atoms with Gasteiger partial charge in [-0.25, -0.2) is 4.79 Å². The molecule has 0 aromatic heterocycles. The van der Waals surface area contributed by atoms with Crippen molar-refractivity contribution in [2.24, 2.45) is 0 Å². The minimum absolute atomic E-state index is 0.0267. The molecule has 0 bridgehead atoms. The van der Waals surface area contributed by atoms with Crippen molar-refractivity contribution in [2.45, 2.75) is 19.3 Å². The van der Waals surface area contributed by atoms with Crippen LogP contribution >= 0.6 is 0 Å². The van der Waals surface area contributed by atoms with Crippen molar-refractivity contribution < 1.29 is 14.3 Å². The number of unbranched alkanes of at least 4 members (excludes halogenated alkanes) is 2. The molecule has 0 aliphatic carbocycles. The van der Waals surface area contributed by atoms with Gasteiger partial charge in [-0.05, 0) is 12.8 Å². The Hall–Kier alpha value is -1.85. The van der Waals surface area contributed by atoms with Gasteiger partial charge in [0.25, 0.3) is 0 Å². The molecule has 0 saturated carbocycles. The molecule has 0 aliphatic rings. The lowest BCUT2D eigenvalue weighted by atomic mass is 10.2. The average molecular weight is 192 g/mol. The number of carbonyl (C=O) groups excluding carboxylic acids is 1. The summed E-state index contributed by atoms with van der Waals surface area (Å²) in [6, 6.07) is 0. The maximum absolute atomic E-state index is 10.6. The van der Waals surface area contributed by atoms with Crippen LogP contribution < -0.4 is 0 Å². The smallest absolute Gasteiger partial charge is 0.414 e. The zero-order chi connectivity index (χ0) is 10.6. The van der Waals surface area contributed by atoms with Gasteiger partial charge >= 0.3 is 12.2 Å². The van der Waals surface area contributed by atoms with Gasteiger partial charge in [0.1, 0.15) is 0 Å². The van der Waals surface area contributed by atoms with Crippen molar-refractivity contribution in [3.05, 3.63) is 18.2 Å². The predicted molar refractivity (Wildman–Crippen MR) is 52.5 cm³/mol. The monoisotopic (exact) mass is 192 g/mol. The quantitative estimate of drug-likeness (QED) is 0.125. The molecule has 0 spiro atoms. The summed E-state index contributed by atoms with van der Waals surface area (Å²) < 4.78 is 4.55. The fourth-order valence-corrected chi connectivity index (χ4v) is 0.666. The summed E-state index contributed by atoms with van der Waals surface area (Å²) in [5.74, 6) is 4.80. The number of hydrogen-bond acceptors (Lipinski definition) is 2. The van der Waals surface area contributed by atoms with Gasteiger partial charge in [-0.1, -0.05) is 17.9 Å². The third-order valence-corrected chi connectivity index (χ3v) is 1.28. The van der Waals surface area contributed by atoms with Crippen molar-refractivity contribution in [1.29, 1.82) is 0 Å². The van der Waals surface area contributed by atoms with E-state index in [0.29, 0.717) is 6.21 Å². The first kappa shape index (κ1) is 12.2. The molecule has 0 amide bonds. The van der Waals surface area contributed by atoms with E-state index in [1.807, 2.05) is 6.08 Å². The Morgan fingerprint density at radius 2 is 2.36 bits per heavy atom. The van der Waals surface area contributed by atoms with Crippen molar-refractivity contribution in [2.75, 3.05) is 6.61 Å². The Balaban J connectivity index is 3.47. The first-order valence-corrected chi connectivity index (χ1v) is 4.22. The lowest BCUT2D eigenvalue weighted by Gasteiger charge is -1.89. The minimum Gasteiger partial charge on any atom is -0.444 e. The van der Waals surface area contributed by atoms with E-state index in [9.17, 15) is 4.79 Å². The summed E-state index contributed by atoms with van der Waals surface area (Å²) >= 11 is 0. The largest absolute Gasteiger partial charge is 0.444 e. The highest BCUT2D eigenvalue weighted by molar-refractivity contribution is 6.20. The molecule has 0 N–H and O–H groups in total. The number of hydrogen-bond donors (Lipinski definition) is 0. The molecule has 0 rings (SSSR count). The van der Waals surface area contributed by atoms with Crippen LogP contribution in [0.5, 0.6) is 0 Å². The van der Waals surface area contributed by atoms with Crippen LogP contribution in [0.25, 0.3) is 5.53 Å². The SMILES string of the molecule is C=CCCCC#CCOC(=O)C=[N+]=[N-]. The van der Waals surface area contributed by atoms with Crippen LogP contribution in [-0.4, -0.2) is 23.6 Å². The van der Waals surface area contributed by atoms with Gasteiger partial charge in [-0.2, -0.15) is 4.79 Å². The van der Waals surface area contributed by atoms with Crippen LogP contribution in [-0.2, 0) is 9.53 Å². The second-order valence-corrected chi connectivity index (χ2v) is 2.39. The van der Waals surface area contributed by atoms with Crippen molar-refractivity contribution >= 4 is 12.2 Å². The number of nitrogens with zero attached hydrogens (tertiary/aromatic N) is 2. The first-order chi connectivity index (χ1) is 6.81. The maximum Gasteiger partial charge on any atom is 0.414 e. The van der Waals surface area contributed by atoms with Gasteiger partial charge in [0.15, 0.2) is 6.61 Å². The fourth-order valence-electron chi connectivity index (χ4n) is 0.666. The van der Waals surface area contributed by atoms with Crippen LogP contribution in [0.4, 0.5) is 0 Å². The van der Waals surface area contributed by atoms with Crippen molar-refractivity contribution in [1.82, 2.24) is 0 Å². The van der Waals surface area contributed by atoms with Gasteiger partial charge in [0.2, 0.25) is 0 Å². The van der Waals surface area contributed by atoms with Gasteiger partial charge in [-0.3, -0.25) is 0 Å². The number of allylic oxidation sites excluding steroid dienone is 1. The van der Waals surface area contributed by atoms with E-state index >= 15 is 0 Å². The molecule has 4 heteroatoms. The Morgan fingerprint density at radius 1 is 1.57 bits per heavy atom. The molecule has 0 aromatic rings. The number of carbonyl (C=O) groups is 1. The lowest BCUT2D eigenvalue weighted by molar-refractivity contribution is -0.137. The summed E-state index contributed by atoms with van der Waals surface area (Å²) in [5, 5.41) is 0. The molecular formula is C10H12N2O2. The van der Waals surface area contributed by atoms with E-state index in [0.717, 1.165) is 19.3 Å². The van der Waals surface area contributed by atoms with E-state index in [1.165, 1.54) is 0 Å². The lowest BCUT2D eigenvalue weighted by Crippen LogP contribution is -2.05. The zero-order valence-electron chi connectivity index (χ0n) is 7.90. The molecule has 0 radical (unpaired) electrons. The molecule has 0 heterocycles. The normalized spacial score (nSPS) is 7.71. The Labute approximate surface area is 83.2 Å². The zero-order valence-corrected chi connectivity index (χ0v) is 7.90. The molecule has 0 aromatic carbocycles. The van der Waals surface area contributed by atoms with E-state index in [2.05, 4.69) is 27.9 Å². The van der Waals surface area contributed by atoms with Crippen molar-refractivity contribution in [3.8, 4) is 11.8 Å². The van der Waals surface area contributed by atoms with Crippen molar-refractivity contribution in [3.63, 3.8) is 0 Å². The van der Waals surface area contributed by atoms with E-state index < -0.39 is 5.97 Å². The summed E-state index contributed by atoms with van der Waals surface area (Å²) in [7, 11) is 0. The highest BCUT2D eigenvalue weighted by atomic mass is 16.5. The van der Waals surface area contributed by atoms with Crippen LogP contribution in [0, 0.1) is 11.8 Å². The molecule has 74 valence electrons.